The van der Waals surface area contributed by atoms with Crippen LogP contribution >= 0.6 is 0 Å². The summed E-state index contributed by atoms with van der Waals surface area (Å²) in [6.45, 7) is 5.23. The molecule has 0 aliphatic carbocycles. The van der Waals surface area contributed by atoms with E-state index in [1.807, 2.05) is 62.4 Å². The van der Waals surface area contributed by atoms with Gasteiger partial charge in [-0.1, -0.05) is 59.7 Å². The van der Waals surface area contributed by atoms with Crippen molar-refractivity contribution in [3.8, 4) is 0 Å². The lowest BCUT2D eigenvalue weighted by atomic mass is 10.1. The number of nitrogens with zero attached hydrogens (tertiary/aromatic N) is 1. The lowest BCUT2D eigenvalue weighted by Gasteiger charge is -2.32. The van der Waals surface area contributed by atoms with Crippen molar-refractivity contribution in [2.45, 2.75) is 25.7 Å². The van der Waals surface area contributed by atoms with E-state index < -0.39 is 10.0 Å². The van der Waals surface area contributed by atoms with Gasteiger partial charge in [0.05, 0.1) is 18.5 Å². The van der Waals surface area contributed by atoms with Gasteiger partial charge in [-0.05, 0) is 25.0 Å². The molecule has 0 aromatic heterocycles. The van der Waals surface area contributed by atoms with E-state index in [2.05, 4.69) is 0 Å². The molecule has 0 spiro atoms. The first-order valence-electron chi connectivity index (χ1n) is 8.15. The normalized spacial score (nSPS) is 19.3. The smallest absolute Gasteiger partial charge is 0.218 e. The molecule has 0 amide bonds. The SMILES string of the molecule is Cc1ccc(CS(=O)(=O)N2CCOC(c3ccc(C)cc3)C2)cc1. The van der Waals surface area contributed by atoms with Gasteiger partial charge < -0.3 is 4.74 Å². The van der Waals surface area contributed by atoms with Crippen LogP contribution in [0.15, 0.2) is 48.5 Å². The Balaban J connectivity index is 1.73. The summed E-state index contributed by atoms with van der Waals surface area (Å²) in [7, 11) is -3.34. The Morgan fingerprint density at radius 3 is 2.21 bits per heavy atom. The van der Waals surface area contributed by atoms with Crippen LogP contribution in [0.2, 0.25) is 0 Å². The summed E-state index contributed by atoms with van der Waals surface area (Å²) in [6, 6.07) is 15.7. The highest BCUT2D eigenvalue weighted by atomic mass is 32.2. The molecule has 0 bridgehead atoms. The number of sulfonamides is 1. The fourth-order valence-electron chi connectivity index (χ4n) is 2.85. The van der Waals surface area contributed by atoms with E-state index in [0.717, 1.165) is 16.7 Å². The fourth-order valence-corrected chi connectivity index (χ4v) is 4.36. The summed E-state index contributed by atoms with van der Waals surface area (Å²) in [5.74, 6) is 0.0356. The standard InChI is InChI=1S/C19H23NO3S/c1-15-3-7-17(8-4-15)14-24(21,22)20-11-12-23-19(13-20)18-9-5-16(2)6-10-18/h3-10,19H,11-14H2,1-2H3. The molecule has 1 heterocycles. The maximum absolute atomic E-state index is 12.7. The summed E-state index contributed by atoms with van der Waals surface area (Å²) in [6.07, 6.45) is -0.202. The Labute approximate surface area is 144 Å². The lowest BCUT2D eigenvalue weighted by Crippen LogP contribution is -2.42. The van der Waals surface area contributed by atoms with Crippen LogP contribution in [0.4, 0.5) is 0 Å². The van der Waals surface area contributed by atoms with Crippen molar-refractivity contribution < 1.29 is 13.2 Å². The molecular formula is C19H23NO3S. The third-order valence-corrected chi connectivity index (χ3v) is 6.16. The molecule has 1 saturated heterocycles. The van der Waals surface area contributed by atoms with Crippen LogP contribution in [0.3, 0.4) is 0 Å². The van der Waals surface area contributed by atoms with E-state index in [9.17, 15) is 8.42 Å². The van der Waals surface area contributed by atoms with E-state index in [-0.39, 0.29) is 11.9 Å². The quantitative estimate of drug-likeness (QED) is 0.855. The van der Waals surface area contributed by atoms with Crippen LogP contribution in [0.25, 0.3) is 0 Å². The molecule has 3 rings (SSSR count). The van der Waals surface area contributed by atoms with Gasteiger partial charge in [-0.2, -0.15) is 4.31 Å². The minimum absolute atomic E-state index is 0.0356. The van der Waals surface area contributed by atoms with E-state index in [4.69, 9.17) is 4.74 Å². The zero-order valence-electron chi connectivity index (χ0n) is 14.1. The highest BCUT2D eigenvalue weighted by Crippen LogP contribution is 2.25. The maximum Gasteiger partial charge on any atom is 0.218 e. The Hall–Kier alpha value is -1.69. The van der Waals surface area contributed by atoms with Gasteiger partial charge in [-0.15, -0.1) is 0 Å². The minimum atomic E-state index is -3.34. The monoisotopic (exact) mass is 345 g/mol. The van der Waals surface area contributed by atoms with Crippen molar-refractivity contribution in [2.24, 2.45) is 0 Å². The molecule has 1 aliphatic rings. The van der Waals surface area contributed by atoms with Crippen molar-refractivity contribution in [3.05, 3.63) is 70.8 Å². The van der Waals surface area contributed by atoms with E-state index >= 15 is 0 Å². The number of hydrogen-bond acceptors (Lipinski definition) is 3. The molecule has 24 heavy (non-hydrogen) atoms. The van der Waals surface area contributed by atoms with Gasteiger partial charge >= 0.3 is 0 Å². The molecule has 1 atom stereocenters. The number of ether oxygens (including phenoxy) is 1. The predicted octanol–water partition coefficient (Wildman–Crippen LogP) is 3.21. The summed E-state index contributed by atoms with van der Waals surface area (Å²) >= 11 is 0. The van der Waals surface area contributed by atoms with Crippen molar-refractivity contribution in [3.63, 3.8) is 0 Å². The summed E-state index contributed by atoms with van der Waals surface area (Å²) in [5, 5.41) is 0. The number of benzene rings is 2. The number of rotatable bonds is 4. The average molecular weight is 345 g/mol. The van der Waals surface area contributed by atoms with E-state index in [1.165, 1.54) is 5.56 Å². The van der Waals surface area contributed by atoms with Crippen molar-refractivity contribution in [1.29, 1.82) is 0 Å². The van der Waals surface area contributed by atoms with Gasteiger partial charge in [0.2, 0.25) is 10.0 Å². The second-order valence-corrected chi connectivity index (χ2v) is 8.34. The third kappa shape index (κ3) is 4.04. The number of aryl methyl sites for hydroxylation is 2. The molecule has 2 aromatic carbocycles. The van der Waals surface area contributed by atoms with Gasteiger partial charge in [-0.25, -0.2) is 8.42 Å². The largest absolute Gasteiger partial charge is 0.371 e. The molecule has 4 nitrogen and oxygen atoms in total. The van der Waals surface area contributed by atoms with Crippen LogP contribution in [0, 0.1) is 13.8 Å². The van der Waals surface area contributed by atoms with Crippen molar-refractivity contribution >= 4 is 10.0 Å². The van der Waals surface area contributed by atoms with Gasteiger partial charge in [0.1, 0.15) is 0 Å². The average Bonchev–Trinajstić information content (AvgIpc) is 2.58. The topological polar surface area (TPSA) is 46.6 Å². The predicted molar refractivity (Wildman–Crippen MR) is 95.2 cm³/mol. The van der Waals surface area contributed by atoms with Crippen LogP contribution in [0.1, 0.15) is 28.4 Å². The second kappa shape index (κ2) is 7.05. The molecule has 1 unspecified atom stereocenters. The number of hydrogen-bond donors (Lipinski definition) is 0. The Bertz CT molecular complexity index is 782. The zero-order valence-corrected chi connectivity index (χ0v) is 14.9. The Morgan fingerprint density at radius 1 is 1.00 bits per heavy atom. The summed E-state index contributed by atoms with van der Waals surface area (Å²) < 4.78 is 32.8. The molecule has 1 fully saturated rings. The number of morpholine rings is 1. The molecular weight excluding hydrogens is 322 g/mol. The summed E-state index contributed by atoms with van der Waals surface area (Å²) in [5.41, 5.74) is 4.15. The van der Waals surface area contributed by atoms with E-state index in [0.29, 0.717) is 19.7 Å². The minimum Gasteiger partial charge on any atom is -0.371 e. The van der Waals surface area contributed by atoms with Crippen LogP contribution in [0.5, 0.6) is 0 Å². The Morgan fingerprint density at radius 2 is 1.58 bits per heavy atom. The zero-order chi connectivity index (χ0) is 17.2. The molecule has 128 valence electrons. The molecule has 2 aromatic rings. The van der Waals surface area contributed by atoms with E-state index in [1.54, 1.807) is 4.31 Å². The lowest BCUT2D eigenvalue weighted by molar-refractivity contribution is -0.00260. The van der Waals surface area contributed by atoms with Crippen molar-refractivity contribution in [1.82, 2.24) is 4.31 Å². The fraction of sp³-hybridized carbons (Fsp3) is 0.368. The van der Waals surface area contributed by atoms with Gasteiger partial charge in [0.25, 0.3) is 0 Å². The first-order valence-corrected chi connectivity index (χ1v) is 9.76. The van der Waals surface area contributed by atoms with Crippen molar-refractivity contribution in [2.75, 3.05) is 19.7 Å². The highest BCUT2D eigenvalue weighted by Gasteiger charge is 2.30. The second-order valence-electron chi connectivity index (χ2n) is 6.37. The van der Waals surface area contributed by atoms with Gasteiger partial charge in [-0.3, -0.25) is 0 Å². The molecule has 1 aliphatic heterocycles. The van der Waals surface area contributed by atoms with Crippen LogP contribution in [-0.2, 0) is 20.5 Å². The molecule has 0 radical (unpaired) electrons. The molecule has 0 saturated carbocycles. The third-order valence-electron chi connectivity index (χ3n) is 4.34. The van der Waals surface area contributed by atoms with Gasteiger partial charge in [0, 0.05) is 13.1 Å². The first kappa shape index (κ1) is 17.1. The van der Waals surface area contributed by atoms with Gasteiger partial charge in [0.15, 0.2) is 0 Å². The van der Waals surface area contributed by atoms with Crippen LogP contribution in [-0.4, -0.2) is 32.4 Å². The highest BCUT2D eigenvalue weighted by molar-refractivity contribution is 7.88. The Kier molecular flexibility index (Phi) is 5.04. The first-order chi connectivity index (χ1) is 11.4. The maximum atomic E-state index is 12.7. The molecule has 5 heteroatoms. The van der Waals surface area contributed by atoms with Crippen LogP contribution < -0.4 is 0 Å². The summed E-state index contributed by atoms with van der Waals surface area (Å²) in [4.78, 5) is 0. The molecule has 0 N–H and O–H groups in total.